The van der Waals surface area contributed by atoms with Crippen LogP contribution in [0.25, 0.3) is 0 Å². The van der Waals surface area contributed by atoms with Crippen LogP contribution in [0.1, 0.15) is 13.3 Å². The van der Waals surface area contributed by atoms with Crippen molar-refractivity contribution in [3.05, 3.63) is 42.1 Å². The molecule has 1 aromatic heterocycles. The largest absolute Gasteiger partial charge is 0.337 e. The number of nitrogens with zero attached hydrogens (tertiary/aromatic N) is 3. The van der Waals surface area contributed by atoms with E-state index in [-0.39, 0.29) is 29.1 Å². The fraction of sp³-hybridized carbons (Fsp3) is 0.375. The van der Waals surface area contributed by atoms with Crippen molar-refractivity contribution in [2.45, 2.75) is 19.4 Å². The molecule has 0 aliphatic carbocycles. The number of halogens is 2. The molecular weight excluding hydrogens is 350 g/mol. The molecule has 2 aromatic rings. The van der Waals surface area contributed by atoms with E-state index in [0.29, 0.717) is 18.9 Å². The molecule has 3 rings (SSSR count). The van der Waals surface area contributed by atoms with Crippen LogP contribution in [0.5, 0.6) is 0 Å². The second kappa shape index (κ2) is 6.91. The third kappa shape index (κ3) is 3.87. The van der Waals surface area contributed by atoms with E-state index >= 15 is 0 Å². The van der Waals surface area contributed by atoms with Gasteiger partial charge in [-0.2, -0.15) is 4.98 Å². The van der Waals surface area contributed by atoms with E-state index in [1.54, 1.807) is 4.90 Å². The van der Waals surface area contributed by atoms with Crippen LogP contribution in [0, 0.1) is 11.6 Å². The first-order valence-electron chi connectivity index (χ1n) is 7.91. The summed E-state index contributed by atoms with van der Waals surface area (Å²) in [7, 11) is -3.04. The van der Waals surface area contributed by atoms with Crippen LogP contribution < -0.4 is 10.2 Å². The molecule has 25 heavy (non-hydrogen) atoms. The predicted octanol–water partition coefficient (Wildman–Crippen LogP) is 2.51. The molecule has 1 saturated heterocycles. The van der Waals surface area contributed by atoms with Crippen molar-refractivity contribution < 1.29 is 17.2 Å². The summed E-state index contributed by atoms with van der Waals surface area (Å²) in [4.78, 5) is 10.3. The van der Waals surface area contributed by atoms with Gasteiger partial charge in [0.2, 0.25) is 5.95 Å². The van der Waals surface area contributed by atoms with Gasteiger partial charge >= 0.3 is 0 Å². The molecule has 134 valence electrons. The third-order valence-corrected chi connectivity index (χ3v) is 5.86. The number of benzene rings is 1. The van der Waals surface area contributed by atoms with Crippen molar-refractivity contribution in [3.8, 4) is 0 Å². The number of nitrogens with one attached hydrogen (secondary N) is 1. The van der Waals surface area contributed by atoms with E-state index in [0.717, 1.165) is 12.1 Å². The molecule has 0 spiro atoms. The highest BCUT2D eigenvalue weighted by molar-refractivity contribution is 7.91. The van der Waals surface area contributed by atoms with Gasteiger partial charge in [0.25, 0.3) is 0 Å². The number of rotatable bonds is 5. The normalized spacial score (nSPS) is 18.9. The van der Waals surface area contributed by atoms with E-state index in [2.05, 4.69) is 15.3 Å². The number of hydrogen-bond donors (Lipinski definition) is 1. The topological polar surface area (TPSA) is 75.2 Å². The molecule has 0 saturated carbocycles. The quantitative estimate of drug-likeness (QED) is 0.874. The molecule has 2 heterocycles. The molecule has 1 unspecified atom stereocenters. The fourth-order valence-electron chi connectivity index (χ4n) is 2.89. The van der Waals surface area contributed by atoms with Gasteiger partial charge < -0.3 is 10.2 Å². The lowest BCUT2D eigenvalue weighted by molar-refractivity contribution is 0.590. The van der Waals surface area contributed by atoms with Gasteiger partial charge in [0.15, 0.2) is 9.84 Å². The Morgan fingerprint density at radius 2 is 2.00 bits per heavy atom. The first kappa shape index (κ1) is 17.5. The lowest BCUT2D eigenvalue weighted by Gasteiger charge is -2.27. The summed E-state index contributed by atoms with van der Waals surface area (Å²) in [5.41, 5.74) is -0.293. The van der Waals surface area contributed by atoms with Crippen molar-refractivity contribution in [2.24, 2.45) is 0 Å². The molecule has 1 aromatic carbocycles. The minimum Gasteiger partial charge on any atom is -0.337 e. The first-order chi connectivity index (χ1) is 11.9. The third-order valence-electron chi connectivity index (χ3n) is 4.11. The number of aromatic nitrogens is 2. The van der Waals surface area contributed by atoms with Gasteiger partial charge in [0.05, 0.1) is 11.5 Å². The Balaban J connectivity index is 1.85. The van der Waals surface area contributed by atoms with Crippen molar-refractivity contribution in [1.82, 2.24) is 9.97 Å². The zero-order chi connectivity index (χ0) is 18.0. The second-order valence-corrected chi connectivity index (χ2v) is 8.04. The Bertz CT molecular complexity index is 856. The minimum atomic E-state index is -3.04. The van der Waals surface area contributed by atoms with Crippen LogP contribution >= 0.6 is 0 Å². The summed E-state index contributed by atoms with van der Waals surface area (Å²) in [5.74, 6) is -0.695. The van der Waals surface area contributed by atoms with E-state index < -0.39 is 21.5 Å². The standard InChI is InChI=1S/C16H18F2N4O2S/c1-2-22(11-7-9-25(23,24)10-11)16-19-8-6-14(21-16)20-15-12(17)4-3-5-13(15)18/h3-6,8,11H,2,7,9-10H2,1H3,(H,19,20,21). The highest BCUT2D eigenvalue weighted by Gasteiger charge is 2.32. The predicted molar refractivity (Wildman–Crippen MR) is 91.8 cm³/mol. The van der Waals surface area contributed by atoms with Gasteiger partial charge in [-0.3, -0.25) is 0 Å². The van der Waals surface area contributed by atoms with Crippen molar-refractivity contribution in [1.29, 1.82) is 0 Å². The lowest BCUT2D eigenvalue weighted by atomic mass is 10.2. The van der Waals surface area contributed by atoms with Gasteiger partial charge in [-0.1, -0.05) is 6.07 Å². The van der Waals surface area contributed by atoms with Crippen molar-refractivity contribution in [3.63, 3.8) is 0 Å². The maximum Gasteiger partial charge on any atom is 0.227 e. The Morgan fingerprint density at radius 3 is 2.60 bits per heavy atom. The molecule has 1 fully saturated rings. The molecule has 1 aliphatic heterocycles. The maximum absolute atomic E-state index is 13.8. The monoisotopic (exact) mass is 368 g/mol. The molecular formula is C16H18F2N4O2S. The smallest absolute Gasteiger partial charge is 0.227 e. The molecule has 1 N–H and O–H groups in total. The molecule has 0 radical (unpaired) electrons. The maximum atomic E-state index is 13.8. The van der Waals surface area contributed by atoms with Crippen LogP contribution in [0.4, 0.5) is 26.2 Å². The molecule has 6 nitrogen and oxygen atoms in total. The van der Waals surface area contributed by atoms with Crippen LogP contribution in [0.15, 0.2) is 30.5 Å². The summed E-state index contributed by atoms with van der Waals surface area (Å²) < 4.78 is 51.0. The van der Waals surface area contributed by atoms with E-state index in [4.69, 9.17) is 0 Å². The summed E-state index contributed by atoms with van der Waals surface area (Å²) in [5, 5.41) is 2.62. The summed E-state index contributed by atoms with van der Waals surface area (Å²) in [6, 6.07) is 4.87. The Hall–Kier alpha value is -2.29. The summed E-state index contributed by atoms with van der Waals surface area (Å²) in [6.45, 7) is 2.41. The van der Waals surface area contributed by atoms with Crippen LogP contribution in [-0.4, -0.2) is 42.5 Å². The van der Waals surface area contributed by atoms with Gasteiger partial charge in [-0.15, -0.1) is 0 Å². The van der Waals surface area contributed by atoms with E-state index in [1.165, 1.54) is 18.3 Å². The lowest BCUT2D eigenvalue weighted by Crippen LogP contribution is -2.37. The highest BCUT2D eigenvalue weighted by Crippen LogP contribution is 2.25. The van der Waals surface area contributed by atoms with Crippen molar-refractivity contribution in [2.75, 3.05) is 28.3 Å². The van der Waals surface area contributed by atoms with E-state index in [9.17, 15) is 17.2 Å². The number of para-hydroxylation sites is 1. The van der Waals surface area contributed by atoms with Gasteiger partial charge in [0.1, 0.15) is 23.1 Å². The fourth-order valence-corrected chi connectivity index (χ4v) is 4.62. The Labute approximate surface area is 144 Å². The van der Waals surface area contributed by atoms with Gasteiger partial charge in [-0.25, -0.2) is 22.2 Å². The summed E-state index contributed by atoms with van der Waals surface area (Å²) >= 11 is 0. The first-order valence-corrected chi connectivity index (χ1v) is 9.73. The van der Waals surface area contributed by atoms with Gasteiger partial charge in [-0.05, 0) is 31.5 Å². The number of anilines is 3. The molecule has 1 atom stereocenters. The van der Waals surface area contributed by atoms with Gasteiger partial charge in [0, 0.05) is 18.8 Å². The van der Waals surface area contributed by atoms with Crippen LogP contribution in [0.3, 0.4) is 0 Å². The zero-order valence-corrected chi connectivity index (χ0v) is 14.4. The SMILES string of the molecule is CCN(c1nccc(Nc2c(F)cccc2F)n1)C1CCS(=O)(=O)C1. The average Bonchev–Trinajstić information content (AvgIpc) is 2.92. The number of hydrogen-bond acceptors (Lipinski definition) is 6. The van der Waals surface area contributed by atoms with Crippen LogP contribution in [-0.2, 0) is 9.84 Å². The number of sulfone groups is 1. The molecule has 9 heteroatoms. The molecule has 0 amide bonds. The van der Waals surface area contributed by atoms with Crippen LogP contribution in [0.2, 0.25) is 0 Å². The van der Waals surface area contributed by atoms with E-state index in [1.807, 2.05) is 6.92 Å². The Morgan fingerprint density at radius 1 is 1.28 bits per heavy atom. The van der Waals surface area contributed by atoms with Crippen molar-refractivity contribution >= 4 is 27.3 Å². The minimum absolute atomic E-state index is 0.0593. The Kier molecular flexibility index (Phi) is 4.85. The molecule has 0 bridgehead atoms. The highest BCUT2D eigenvalue weighted by atomic mass is 32.2. The average molecular weight is 368 g/mol. The second-order valence-electron chi connectivity index (χ2n) is 5.81. The molecule has 1 aliphatic rings. The zero-order valence-electron chi connectivity index (χ0n) is 13.6. The summed E-state index contributed by atoms with van der Waals surface area (Å²) in [6.07, 6.45) is 1.98.